The molecule has 4 heteroatoms. The first kappa shape index (κ1) is 8.56. The molecule has 11 heavy (non-hydrogen) atoms. The maximum absolute atomic E-state index is 5.80. The zero-order valence-corrected chi connectivity index (χ0v) is 7.93. The van der Waals surface area contributed by atoms with Crippen LogP contribution in [-0.4, -0.2) is 6.21 Å². The Morgan fingerprint density at radius 3 is 2.82 bits per heavy atom. The van der Waals surface area contributed by atoms with Gasteiger partial charge in [0.25, 0.3) is 0 Å². The van der Waals surface area contributed by atoms with Crippen LogP contribution in [0.5, 0.6) is 0 Å². The highest BCUT2D eigenvalue weighted by atomic mass is 79.9. The Hall–Kier alpha value is -0.540. The van der Waals surface area contributed by atoms with Crippen molar-refractivity contribution in [3.8, 4) is 0 Å². The SMILES string of the molecule is NN=Cc1ccc(Br)c(Cl)c1. The van der Waals surface area contributed by atoms with E-state index in [0.717, 1.165) is 10.0 Å². The number of nitrogens with zero attached hydrogens (tertiary/aromatic N) is 1. The normalized spacial score (nSPS) is 10.7. The van der Waals surface area contributed by atoms with E-state index in [1.54, 1.807) is 12.3 Å². The van der Waals surface area contributed by atoms with E-state index in [1.807, 2.05) is 12.1 Å². The molecule has 2 nitrogen and oxygen atoms in total. The van der Waals surface area contributed by atoms with Crippen LogP contribution in [0.3, 0.4) is 0 Å². The summed E-state index contributed by atoms with van der Waals surface area (Å²) < 4.78 is 0.869. The summed E-state index contributed by atoms with van der Waals surface area (Å²) in [5.74, 6) is 4.96. The Balaban J connectivity index is 3.05. The van der Waals surface area contributed by atoms with Gasteiger partial charge in [0.2, 0.25) is 0 Å². The minimum Gasteiger partial charge on any atom is -0.323 e. The van der Waals surface area contributed by atoms with Crippen LogP contribution in [0, 0.1) is 0 Å². The summed E-state index contributed by atoms with van der Waals surface area (Å²) in [4.78, 5) is 0. The summed E-state index contributed by atoms with van der Waals surface area (Å²) in [6, 6.07) is 5.49. The lowest BCUT2D eigenvalue weighted by atomic mass is 10.2. The minimum atomic E-state index is 0.655. The molecule has 0 unspecified atom stereocenters. The van der Waals surface area contributed by atoms with E-state index in [9.17, 15) is 0 Å². The van der Waals surface area contributed by atoms with E-state index in [2.05, 4.69) is 21.0 Å². The average molecular weight is 233 g/mol. The number of halogens is 2. The molecule has 0 saturated carbocycles. The van der Waals surface area contributed by atoms with Gasteiger partial charge in [-0.05, 0) is 33.6 Å². The van der Waals surface area contributed by atoms with Crippen LogP contribution in [0.25, 0.3) is 0 Å². The zero-order valence-electron chi connectivity index (χ0n) is 5.59. The molecular formula is C7H6BrClN2. The van der Waals surface area contributed by atoms with Crippen LogP contribution in [0.4, 0.5) is 0 Å². The van der Waals surface area contributed by atoms with Gasteiger partial charge in [-0.2, -0.15) is 5.10 Å². The van der Waals surface area contributed by atoms with E-state index in [-0.39, 0.29) is 0 Å². The molecule has 1 aromatic rings. The molecule has 0 radical (unpaired) electrons. The predicted octanol–water partition coefficient (Wildman–Crippen LogP) is 2.40. The molecule has 0 heterocycles. The first-order valence-electron chi connectivity index (χ1n) is 2.92. The summed E-state index contributed by atoms with van der Waals surface area (Å²) in [7, 11) is 0. The van der Waals surface area contributed by atoms with Gasteiger partial charge in [-0.3, -0.25) is 0 Å². The first-order valence-corrected chi connectivity index (χ1v) is 4.09. The fourth-order valence-corrected chi connectivity index (χ4v) is 1.11. The van der Waals surface area contributed by atoms with Crippen molar-refractivity contribution in [3.63, 3.8) is 0 Å². The highest BCUT2D eigenvalue weighted by Gasteiger charge is 1.95. The van der Waals surface area contributed by atoms with Gasteiger partial charge in [0.05, 0.1) is 11.2 Å². The number of hydrazone groups is 1. The summed E-state index contributed by atoms with van der Waals surface area (Å²) in [6.07, 6.45) is 1.54. The molecule has 1 rings (SSSR count). The van der Waals surface area contributed by atoms with E-state index in [4.69, 9.17) is 17.4 Å². The third kappa shape index (κ3) is 2.20. The highest BCUT2D eigenvalue weighted by molar-refractivity contribution is 9.10. The van der Waals surface area contributed by atoms with Crippen LogP contribution < -0.4 is 5.84 Å². The monoisotopic (exact) mass is 232 g/mol. The van der Waals surface area contributed by atoms with Crippen LogP contribution in [0.15, 0.2) is 27.8 Å². The molecule has 0 aromatic heterocycles. The third-order valence-electron chi connectivity index (χ3n) is 1.17. The van der Waals surface area contributed by atoms with E-state index >= 15 is 0 Å². The number of rotatable bonds is 1. The second-order valence-corrected chi connectivity index (χ2v) is 3.21. The summed E-state index contributed by atoms with van der Waals surface area (Å²) in [5, 5.41) is 4.03. The van der Waals surface area contributed by atoms with Gasteiger partial charge >= 0.3 is 0 Å². The fourth-order valence-electron chi connectivity index (χ4n) is 0.679. The minimum absolute atomic E-state index is 0.655. The number of hydrogen-bond donors (Lipinski definition) is 1. The number of nitrogens with two attached hydrogens (primary N) is 1. The van der Waals surface area contributed by atoms with Crippen molar-refractivity contribution in [1.29, 1.82) is 0 Å². The van der Waals surface area contributed by atoms with Crippen molar-refractivity contribution in [1.82, 2.24) is 0 Å². The standard InChI is InChI=1S/C7H6BrClN2/c8-6-2-1-5(4-11-10)3-7(6)9/h1-4H,10H2. The number of benzene rings is 1. The quantitative estimate of drug-likeness (QED) is 0.451. The van der Waals surface area contributed by atoms with Gasteiger partial charge in [0, 0.05) is 4.47 Å². The molecule has 0 aliphatic carbocycles. The van der Waals surface area contributed by atoms with Crippen molar-refractivity contribution in [2.45, 2.75) is 0 Å². The van der Waals surface area contributed by atoms with Gasteiger partial charge < -0.3 is 5.84 Å². The predicted molar refractivity (Wildman–Crippen MR) is 50.9 cm³/mol. The van der Waals surface area contributed by atoms with Crippen molar-refractivity contribution >= 4 is 33.7 Å². The van der Waals surface area contributed by atoms with Crippen LogP contribution in [0.2, 0.25) is 5.02 Å². The van der Waals surface area contributed by atoms with E-state index < -0.39 is 0 Å². The Bertz CT molecular complexity index is 286. The largest absolute Gasteiger partial charge is 0.323 e. The second kappa shape index (κ2) is 3.74. The van der Waals surface area contributed by atoms with E-state index in [0.29, 0.717) is 5.02 Å². The summed E-state index contributed by atoms with van der Waals surface area (Å²) >= 11 is 9.07. The highest BCUT2D eigenvalue weighted by Crippen LogP contribution is 2.22. The lowest BCUT2D eigenvalue weighted by molar-refractivity contribution is 1.26. The number of hydrogen-bond acceptors (Lipinski definition) is 2. The van der Waals surface area contributed by atoms with Gasteiger partial charge in [-0.1, -0.05) is 17.7 Å². The Kier molecular flexibility index (Phi) is 2.91. The van der Waals surface area contributed by atoms with Gasteiger partial charge in [0.15, 0.2) is 0 Å². The molecule has 0 atom stereocenters. The van der Waals surface area contributed by atoms with Crippen molar-refractivity contribution in [3.05, 3.63) is 33.3 Å². The van der Waals surface area contributed by atoms with E-state index in [1.165, 1.54) is 0 Å². The van der Waals surface area contributed by atoms with Crippen LogP contribution >= 0.6 is 27.5 Å². The summed E-state index contributed by atoms with van der Waals surface area (Å²) in [5.41, 5.74) is 0.890. The zero-order chi connectivity index (χ0) is 8.27. The maximum atomic E-state index is 5.80. The topological polar surface area (TPSA) is 38.4 Å². The van der Waals surface area contributed by atoms with Crippen molar-refractivity contribution in [2.24, 2.45) is 10.9 Å². The van der Waals surface area contributed by atoms with Gasteiger partial charge in [0.1, 0.15) is 0 Å². The Morgan fingerprint density at radius 2 is 2.27 bits per heavy atom. The van der Waals surface area contributed by atoms with Gasteiger partial charge in [-0.15, -0.1) is 0 Å². The molecule has 1 aromatic carbocycles. The smallest absolute Gasteiger partial charge is 0.0554 e. The average Bonchev–Trinajstić information content (AvgIpc) is 1.98. The van der Waals surface area contributed by atoms with Crippen molar-refractivity contribution < 1.29 is 0 Å². The third-order valence-corrected chi connectivity index (χ3v) is 2.40. The van der Waals surface area contributed by atoms with Gasteiger partial charge in [-0.25, -0.2) is 0 Å². The van der Waals surface area contributed by atoms with Crippen molar-refractivity contribution in [2.75, 3.05) is 0 Å². The molecule has 58 valence electrons. The molecule has 2 N–H and O–H groups in total. The van der Waals surface area contributed by atoms with Crippen LogP contribution in [0.1, 0.15) is 5.56 Å². The lowest BCUT2D eigenvalue weighted by Crippen LogP contribution is -1.85. The molecule has 0 aliphatic heterocycles. The maximum Gasteiger partial charge on any atom is 0.0554 e. The molecule has 0 spiro atoms. The Morgan fingerprint density at radius 1 is 1.55 bits per heavy atom. The molecule has 0 bridgehead atoms. The molecular weight excluding hydrogens is 227 g/mol. The first-order chi connectivity index (χ1) is 5.24. The second-order valence-electron chi connectivity index (χ2n) is 1.95. The lowest BCUT2D eigenvalue weighted by Gasteiger charge is -1.95. The summed E-state index contributed by atoms with van der Waals surface area (Å²) in [6.45, 7) is 0. The molecule has 0 aliphatic rings. The fraction of sp³-hybridized carbons (Fsp3) is 0. The Labute approximate surface area is 78.2 Å². The molecule has 0 saturated heterocycles. The molecule has 0 fully saturated rings. The molecule has 0 amide bonds. The van der Waals surface area contributed by atoms with Crippen LogP contribution in [-0.2, 0) is 0 Å².